The second-order valence-electron chi connectivity index (χ2n) is 7.51. The molecule has 3 N–H and O–H groups in total. The minimum atomic E-state index is -0.571. The third kappa shape index (κ3) is 7.88. The van der Waals surface area contributed by atoms with Gasteiger partial charge in [0, 0.05) is 19.7 Å². The molecule has 1 aliphatic heterocycles. The maximum Gasteiger partial charge on any atom is 0.191 e. The Balaban J connectivity index is 0.00000280. The molecule has 2 fully saturated rings. The van der Waals surface area contributed by atoms with Gasteiger partial charge >= 0.3 is 0 Å². The Morgan fingerprint density at radius 3 is 2.79 bits per heavy atom. The fourth-order valence-corrected chi connectivity index (χ4v) is 3.38. The van der Waals surface area contributed by atoms with Crippen molar-refractivity contribution in [3.8, 4) is 0 Å². The zero-order valence-corrected chi connectivity index (χ0v) is 19.1. The van der Waals surface area contributed by atoms with E-state index in [0.717, 1.165) is 38.0 Å². The number of aliphatic imine (C=N–C) groups is 1. The zero-order chi connectivity index (χ0) is 18.9. The Kier molecular flexibility index (Phi) is 10.6. The molecule has 1 saturated heterocycles. The van der Waals surface area contributed by atoms with Crippen LogP contribution in [0.25, 0.3) is 0 Å². The number of likely N-dealkylation sites (tertiary alicyclic amines) is 1. The fourth-order valence-electron chi connectivity index (χ4n) is 3.38. The minimum Gasteiger partial charge on any atom is -0.468 e. The van der Waals surface area contributed by atoms with Crippen molar-refractivity contribution in [1.82, 2.24) is 15.5 Å². The molecule has 2 atom stereocenters. The van der Waals surface area contributed by atoms with Gasteiger partial charge in [-0.05, 0) is 63.7 Å². The van der Waals surface area contributed by atoms with Crippen LogP contribution in [-0.4, -0.2) is 68.0 Å². The molecule has 0 spiro atoms. The van der Waals surface area contributed by atoms with Crippen molar-refractivity contribution in [1.29, 1.82) is 0 Å². The summed E-state index contributed by atoms with van der Waals surface area (Å²) >= 11 is 0. The van der Waals surface area contributed by atoms with Crippen LogP contribution in [0.5, 0.6) is 0 Å². The van der Waals surface area contributed by atoms with Gasteiger partial charge in [0.2, 0.25) is 0 Å². The molecule has 7 nitrogen and oxygen atoms in total. The summed E-state index contributed by atoms with van der Waals surface area (Å²) in [5, 5.41) is 16.8. The van der Waals surface area contributed by atoms with Crippen LogP contribution < -0.4 is 10.6 Å². The molecule has 160 valence electrons. The summed E-state index contributed by atoms with van der Waals surface area (Å²) in [7, 11) is 0. The molecule has 3 rings (SSSR count). The number of hydrogen-bond acceptors (Lipinski definition) is 5. The smallest absolute Gasteiger partial charge is 0.191 e. The van der Waals surface area contributed by atoms with Crippen LogP contribution in [0.2, 0.25) is 0 Å². The largest absolute Gasteiger partial charge is 0.468 e. The molecule has 1 aromatic heterocycles. The lowest BCUT2D eigenvalue weighted by Gasteiger charge is -2.26. The molecular weight excluding hydrogens is 471 g/mol. The maximum absolute atomic E-state index is 10.1. The summed E-state index contributed by atoms with van der Waals surface area (Å²) in [6.07, 6.45) is 6.15. The topological polar surface area (TPSA) is 82.3 Å². The molecule has 2 aliphatic rings. The van der Waals surface area contributed by atoms with E-state index in [1.165, 1.54) is 25.7 Å². The first-order valence-corrected chi connectivity index (χ1v) is 10.3. The molecule has 1 aliphatic carbocycles. The second-order valence-corrected chi connectivity index (χ2v) is 7.51. The van der Waals surface area contributed by atoms with E-state index in [1.807, 2.05) is 19.1 Å². The number of aliphatic hydroxyl groups is 1. The number of guanidine groups is 1. The lowest BCUT2D eigenvalue weighted by Crippen LogP contribution is -2.43. The van der Waals surface area contributed by atoms with Gasteiger partial charge in [0.1, 0.15) is 5.76 Å². The number of nitrogens with zero attached hydrogens (tertiary/aromatic N) is 2. The van der Waals surface area contributed by atoms with Gasteiger partial charge in [-0.3, -0.25) is 9.89 Å². The van der Waals surface area contributed by atoms with E-state index in [4.69, 9.17) is 9.15 Å². The highest BCUT2D eigenvalue weighted by atomic mass is 127. The first-order chi connectivity index (χ1) is 13.3. The van der Waals surface area contributed by atoms with Crippen molar-refractivity contribution in [2.45, 2.75) is 44.8 Å². The number of nitrogens with one attached hydrogen (secondary N) is 2. The van der Waals surface area contributed by atoms with Crippen LogP contribution in [0.3, 0.4) is 0 Å². The molecule has 0 amide bonds. The van der Waals surface area contributed by atoms with Gasteiger partial charge in [0.15, 0.2) is 5.96 Å². The Labute approximate surface area is 185 Å². The highest BCUT2D eigenvalue weighted by Crippen LogP contribution is 2.28. The van der Waals surface area contributed by atoms with Crippen molar-refractivity contribution >= 4 is 29.9 Å². The molecule has 0 bridgehead atoms. The van der Waals surface area contributed by atoms with Crippen molar-refractivity contribution in [2.75, 3.05) is 45.9 Å². The number of rotatable bonds is 11. The average Bonchev–Trinajstić information content (AvgIpc) is 3.13. The van der Waals surface area contributed by atoms with Gasteiger partial charge in [-0.25, -0.2) is 0 Å². The van der Waals surface area contributed by atoms with Crippen molar-refractivity contribution in [2.24, 2.45) is 10.9 Å². The lowest BCUT2D eigenvalue weighted by atomic mass is 10.2. The van der Waals surface area contributed by atoms with Gasteiger partial charge < -0.3 is 24.9 Å². The predicted octanol–water partition coefficient (Wildman–Crippen LogP) is 2.38. The summed E-state index contributed by atoms with van der Waals surface area (Å²) in [5.41, 5.74) is 0. The van der Waals surface area contributed by atoms with E-state index in [-0.39, 0.29) is 30.0 Å². The third-order valence-corrected chi connectivity index (χ3v) is 5.08. The first kappa shape index (κ1) is 23.4. The quantitative estimate of drug-likeness (QED) is 0.243. The van der Waals surface area contributed by atoms with E-state index in [0.29, 0.717) is 25.6 Å². The Morgan fingerprint density at radius 2 is 2.14 bits per heavy atom. The standard InChI is InChI=1S/C20H34N4O3.HI/c1-2-21-20(22-12-17(25)15-26-14-16-7-8-16)23-13-18(19-6-5-11-27-19)24-9-3-4-10-24;/h5-6,11,16-18,25H,2-4,7-10,12-15H2,1H3,(H2,21,22,23);1H. The van der Waals surface area contributed by atoms with Gasteiger partial charge in [-0.15, -0.1) is 24.0 Å². The van der Waals surface area contributed by atoms with Crippen LogP contribution in [0.1, 0.15) is 44.4 Å². The van der Waals surface area contributed by atoms with Gasteiger partial charge in [-0.2, -0.15) is 0 Å². The number of halogens is 1. The van der Waals surface area contributed by atoms with Crippen LogP contribution in [0, 0.1) is 5.92 Å². The SMILES string of the molecule is CCNC(=NCC(O)COCC1CC1)NCC(c1ccco1)N1CCCC1.I. The molecule has 1 saturated carbocycles. The highest BCUT2D eigenvalue weighted by molar-refractivity contribution is 14.0. The lowest BCUT2D eigenvalue weighted by molar-refractivity contribution is 0.0368. The van der Waals surface area contributed by atoms with Crippen molar-refractivity contribution in [3.05, 3.63) is 24.2 Å². The van der Waals surface area contributed by atoms with Gasteiger partial charge in [0.05, 0.1) is 31.6 Å². The minimum absolute atomic E-state index is 0. The van der Waals surface area contributed by atoms with Crippen LogP contribution in [0.4, 0.5) is 0 Å². The molecule has 2 heterocycles. The molecule has 28 heavy (non-hydrogen) atoms. The number of ether oxygens (including phenoxy) is 1. The summed E-state index contributed by atoms with van der Waals surface area (Å²) in [5.74, 6) is 2.41. The predicted molar refractivity (Wildman–Crippen MR) is 121 cm³/mol. The van der Waals surface area contributed by atoms with Crippen molar-refractivity contribution in [3.63, 3.8) is 0 Å². The highest BCUT2D eigenvalue weighted by Gasteiger charge is 2.25. The Hall–Kier alpha value is -0.840. The third-order valence-electron chi connectivity index (χ3n) is 5.08. The first-order valence-electron chi connectivity index (χ1n) is 10.3. The molecule has 8 heteroatoms. The van der Waals surface area contributed by atoms with Crippen molar-refractivity contribution < 1.29 is 14.3 Å². The van der Waals surface area contributed by atoms with E-state index in [1.54, 1.807) is 6.26 Å². The van der Waals surface area contributed by atoms with Crippen LogP contribution in [0.15, 0.2) is 27.8 Å². The fraction of sp³-hybridized carbons (Fsp3) is 0.750. The zero-order valence-electron chi connectivity index (χ0n) is 16.8. The molecular formula is C20H35IN4O3. The van der Waals surface area contributed by atoms with Gasteiger partial charge in [-0.1, -0.05) is 0 Å². The second kappa shape index (κ2) is 12.7. The average molecular weight is 506 g/mol. The Morgan fingerprint density at radius 1 is 1.36 bits per heavy atom. The maximum atomic E-state index is 10.1. The van der Waals surface area contributed by atoms with E-state index >= 15 is 0 Å². The molecule has 0 radical (unpaired) electrons. The number of furan rings is 1. The summed E-state index contributed by atoms with van der Waals surface area (Å²) in [6, 6.07) is 4.17. The monoisotopic (exact) mass is 506 g/mol. The van der Waals surface area contributed by atoms with Gasteiger partial charge in [0.25, 0.3) is 0 Å². The number of hydrogen-bond donors (Lipinski definition) is 3. The summed E-state index contributed by atoms with van der Waals surface area (Å²) in [6.45, 7) is 7.16. The normalized spacial score (nSPS) is 19.9. The van der Waals surface area contributed by atoms with E-state index in [2.05, 4.69) is 20.5 Å². The number of aliphatic hydroxyl groups excluding tert-OH is 1. The van der Waals surface area contributed by atoms with Crippen LogP contribution in [-0.2, 0) is 4.74 Å². The molecule has 0 aromatic carbocycles. The van der Waals surface area contributed by atoms with Crippen LogP contribution >= 0.6 is 24.0 Å². The van der Waals surface area contributed by atoms with E-state index < -0.39 is 6.10 Å². The summed E-state index contributed by atoms with van der Waals surface area (Å²) < 4.78 is 11.2. The summed E-state index contributed by atoms with van der Waals surface area (Å²) in [4.78, 5) is 6.98. The Bertz CT molecular complexity index is 560. The molecule has 2 unspecified atom stereocenters. The molecule has 1 aromatic rings. The van der Waals surface area contributed by atoms with E-state index in [9.17, 15) is 5.11 Å².